The van der Waals surface area contributed by atoms with Crippen molar-refractivity contribution in [3.05, 3.63) is 53.3 Å². The van der Waals surface area contributed by atoms with E-state index in [-0.39, 0.29) is 18.5 Å². The Hall–Kier alpha value is -2.31. The number of amides is 1. The van der Waals surface area contributed by atoms with Gasteiger partial charge in [0.05, 0.1) is 18.5 Å². The Labute approximate surface area is 145 Å². The maximum absolute atomic E-state index is 12.7. The normalized spacial score (nSPS) is 14.2. The third-order valence-corrected chi connectivity index (χ3v) is 4.09. The summed E-state index contributed by atoms with van der Waals surface area (Å²) in [5, 5.41) is 6.53. The predicted molar refractivity (Wildman–Crippen MR) is 88.7 cm³/mol. The van der Waals surface area contributed by atoms with Crippen LogP contribution in [-0.4, -0.2) is 15.7 Å². The van der Waals surface area contributed by atoms with E-state index in [4.69, 9.17) is 0 Å². The maximum atomic E-state index is 12.7. The molecule has 0 aliphatic rings. The van der Waals surface area contributed by atoms with Crippen LogP contribution in [0.15, 0.2) is 36.4 Å². The van der Waals surface area contributed by atoms with E-state index in [0.717, 1.165) is 18.1 Å². The fourth-order valence-corrected chi connectivity index (χ4v) is 2.60. The maximum Gasteiger partial charge on any atom is 0.435 e. The first-order valence-electron chi connectivity index (χ1n) is 8.19. The van der Waals surface area contributed by atoms with Crippen LogP contribution < -0.4 is 5.32 Å². The Morgan fingerprint density at radius 1 is 1.28 bits per heavy atom. The molecule has 0 fully saturated rings. The van der Waals surface area contributed by atoms with Crippen molar-refractivity contribution in [1.82, 2.24) is 15.1 Å². The van der Waals surface area contributed by atoms with Crippen molar-refractivity contribution >= 4 is 5.91 Å². The third kappa shape index (κ3) is 4.84. The molecule has 2 aromatic rings. The molecule has 0 saturated heterocycles. The van der Waals surface area contributed by atoms with Gasteiger partial charge in [0, 0.05) is 5.69 Å². The molecule has 25 heavy (non-hydrogen) atoms. The molecule has 2 rings (SSSR count). The Morgan fingerprint density at radius 2 is 1.92 bits per heavy atom. The van der Waals surface area contributed by atoms with Crippen LogP contribution >= 0.6 is 0 Å². The first-order chi connectivity index (χ1) is 11.7. The largest absolute Gasteiger partial charge is 0.435 e. The average molecular weight is 353 g/mol. The van der Waals surface area contributed by atoms with Crippen LogP contribution in [0.1, 0.15) is 43.3 Å². The number of halogens is 3. The molecule has 1 aromatic heterocycles. The van der Waals surface area contributed by atoms with Gasteiger partial charge in [-0.25, -0.2) is 0 Å². The fraction of sp³-hybridized carbons (Fsp3) is 0.444. The molecule has 2 atom stereocenters. The number of aromatic nitrogens is 2. The summed E-state index contributed by atoms with van der Waals surface area (Å²) in [5.74, 6) is -0.711. The number of aryl methyl sites for hydroxylation is 1. The molecule has 2 unspecified atom stereocenters. The monoisotopic (exact) mass is 353 g/mol. The summed E-state index contributed by atoms with van der Waals surface area (Å²) in [7, 11) is 0. The minimum Gasteiger partial charge on any atom is -0.349 e. The Kier molecular flexibility index (Phi) is 5.87. The number of alkyl halides is 3. The molecule has 0 saturated carbocycles. The number of rotatable bonds is 6. The van der Waals surface area contributed by atoms with Crippen molar-refractivity contribution in [1.29, 1.82) is 0 Å². The average Bonchev–Trinajstić information content (AvgIpc) is 2.94. The van der Waals surface area contributed by atoms with Gasteiger partial charge in [-0.15, -0.1) is 0 Å². The van der Waals surface area contributed by atoms with Crippen molar-refractivity contribution in [2.75, 3.05) is 0 Å². The highest BCUT2D eigenvalue weighted by atomic mass is 19.4. The highest BCUT2D eigenvalue weighted by molar-refractivity contribution is 5.78. The van der Waals surface area contributed by atoms with Gasteiger partial charge in [-0.2, -0.15) is 18.3 Å². The van der Waals surface area contributed by atoms with Crippen LogP contribution in [0, 0.1) is 12.8 Å². The summed E-state index contributed by atoms with van der Waals surface area (Å²) < 4.78 is 39.4. The van der Waals surface area contributed by atoms with Crippen LogP contribution in [0.4, 0.5) is 13.2 Å². The third-order valence-electron chi connectivity index (χ3n) is 4.09. The smallest absolute Gasteiger partial charge is 0.349 e. The molecular weight excluding hydrogens is 331 g/mol. The summed E-state index contributed by atoms with van der Waals surface area (Å²) in [6.07, 6.45) is -3.76. The van der Waals surface area contributed by atoms with Gasteiger partial charge < -0.3 is 5.32 Å². The molecule has 0 aliphatic heterocycles. The number of carbonyl (C=O) groups excluding carboxylic acids is 1. The van der Waals surface area contributed by atoms with Crippen molar-refractivity contribution in [3.63, 3.8) is 0 Å². The highest BCUT2D eigenvalue weighted by Crippen LogP contribution is 2.28. The van der Waals surface area contributed by atoms with E-state index in [1.807, 2.05) is 37.3 Å². The lowest BCUT2D eigenvalue weighted by Crippen LogP contribution is -2.34. The minimum atomic E-state index is -4.48. The standard InChI is InChI=1S/C18H22F3N3O/c1-4-15(14-8-6-5-7-9-14)22-17(25)12(2)11-24-13(3)10-16(23-24)18(19,20)21/h5-10,12,15H,4,11H2,1-3H3,(H,22,25). The van der Waals surface area contributed by atoms with Crippen molar-refractivity contribution in [2.45, 2.75) is 46.0 Å². The number of hydrogen-bond donors (Lipinski definition) is 1. The molecule has 1 amide bonds. The molecule has 7 heteroatoms. The minimum absolute atomic E-state index is 0.0962. The predicted octanol–water partition coefficient (Wildman–Crippen LogP) is 4.11. The zero-order chi connectivity index (χ0) is 18.6. The zero-order valence-corrected chi connectivity index (χ0v) is 14.5. The van der Waals surface area contributed by atoms with Crippen LogP contribution in [0.3, 0.4) is 0 Å². The van der Waals surface area contributed by atoms with Gasteiger partial charge >= 0.3 is 6.18 Å². The molecule has 0 bridgehead atoms. The molecular formula is C18H22F3N3O. The van der Waals surface area contributed by atoms with Crippen LogP contribution in [-0.2, 0) is 17.5 Å². The highest BCUT2D eigenvalue weighted by Gasteiger charge is 2.34. The first kappa shape index (κ1) is 19.0. The van der Waals surface area contributed by atoms with E-state index in [9.17, 15) is 18.0 Å². The first-order valence-corrected chi connectivity index (χ1v) is 8.19. The van der Waals surface area contributed by atoms with Gasteiger partial charge in [0.1, 0.15) is 0 Å². The van der Waals surface area contributed by atoms with Gasteiger partial charge in [0.15, 0.2) is 5.69 Å². The van der Waals surface area contributed by atoms with Crippen LogP contribution in [0.5, 0.6) is 0 Å². The summed E-state index contributed by atoms with van der Waals surface area (Å²) in [4.78, 5) is 12.4. The Morgan fingerprint density at radius 3 is 2.44 bits per heavy atom. The van der Waals surface area contributed by atoms with Gasteiger partial charge in [-0.3, -0.25) is 9.48 Å². The number of nitrogens with one attached hydrogen (secondary N) is 1. The number of hydrogen-bond acceptors (Lipinski definition) is 2. The lowest BCUT2D eigenvalue weighted by Gasteiger charge is -2.20. The van der Waals surface area contributed by atoms with Gasteiger partial charge in [-0.1, -0.05) is 44.2 Å². The summed E-state index contributed by atoms with van der Waals surface area (Å²) in [6, 6.07) is 10.4. The molecule has 1 heterocycles. The summed E-state index contributed by atoms with van der Waals surface area (Å²) in [6.45, 7) is 5.29. The zero-order valence-electron chi connectivity index (χ0n) is 14.5. The molecule has 4 nitrogen and oxygen atoms in total. The van der Waals surface area contributed by atoms with Gasteiger partial charge in [0.2, 0.25) is 5.91 Å². The second-order valence-corrected chi connectivity index (χ2v) is 6.13. The Balaban J connectivity index is 2.04. The van der Waals surface area contributed by atoms with E-state index < -0.39 is 17.8 Å². The molecule has 0 aliphatic carbocycles. The van der Waals surface area contributed by atoms with E-state index in [0.29, 0.717) is 5.69 Å². The quantitative estimate of drug-likeness (QED) is 0.849. The van der Waals surface area contributed by atoms with Crippen LogP contribution in [0.2, 0.25) is 0 Å². The van der Waals surface area contributed by atoms with Gasteiger partial charge in [-0.05, 0) is 25.0 Å². The lowest BCUT2D eigenvalue weighted by atomic mass is 10.0. The SMILES string of the molecule is CCC(NC(=O)C(C)Cn1nc(C(F)(F)F)cc1C)c1ccccc1. The van der Waals surface area contributed by atoms with E-state index in [1.165, 1.54) is 4.68 Å². The number of benzene rings is 1. The summed E-state index contributed by atoms with van der Waals surface area (Å²) >= 11 is 0. The second-order valence-electron chi connectivity index (χ2n) is 6.13. The molecule has 136 valence electrons. The Bertz CT molecular complexity index is 710. The molecule has 1 aromatic carbocycles. The van der Waals surface area contributed by atoms with E-state index in [2.05, 4.69) is 10.4 Å². The topological polar surface area (TPSA) is 46.9 Å². The number of carbonyl (C=O) groups is 1. The molecule has 0 radical (unpaired) electrons. The molecule has 1 N–H and O–H groups in total. The fourth-order valence-electron chi connectivity index (χ4n) is 2.60. The van der Waals surface area contributed by atoms with E-state index >= 15 is 0 Å². The number of nitrogens with zero attached hydrogens (tertiary/aromatic N) is 2. The lowest BCUT2D eigenvalue weighted by molar-refractivity contribution is -0.141. The van der Waals surface area contributed by atoms with E-state index in [1.54, 1.807) is 13.8 Å². The van der Waals surface area contributed by atoms with Crippen molar-refractivity contribution in [3.8, 4) is 0 Å². The van der Waals surface area contributed by atoms with Crippen LogP contribution in [0.25, 0.3) is 0 Å². The van der Waals surface area contributed by atoms with Gasteiger partial charge in [0.25, 0.3) is 0 Å². The van der Waals surface area contributed by atoms with Crippen molar-refractivity contribution < 1.29 is 18.0 Å². The second kappa shape index (κ2) is 7.72. The van der Waals surface area contributed by atoms with Crippen molar-refractivity contribution in [2.24, 2.45) is 5.92 Å². The molecule has 0 spiro atoms. The summed E-state index contributed by atoms with van der Waals surface area (Å²) in [5.41, 5.74) is 0.440.